The Balaban J connectivity index is 2.50. The molecule has 0 aromatic heterocycles. The quantitative estimate of drug-likeness (QED) is 0.603. The van der Waals surface area contributed by atoms with Crippen LogP contribution in [0.5, 0.6) is 0 Å². The lowest BCUT2D eigenvalue weighted by atomic mass is 9.77. The van der Waals surface area contributed by atoms with Gasteiger partial charge in [-0.2, -0.15) is 0 Å². The third kappa shape index (κ3) is 5.24. The monoisotopic (exact) mass is 299 g/mol. The molecule has 0 bridgehead atoms. The minimum absolute atomic E-state index is 0.00689. The molecule has 0 heterocycles. The van der Waals surface area contributed by atoms with Crippen molar-refractivity contribution in [1.82, 2.24) is 16.0 Å². The second-order valence-corrected chi connectivity index (χ2v) is 6.10. The van der Waals surface area contributed by atoms with Gasteiger partial charge in [0.2, 0.25) is 5.91 Å². The number of carbonyl (C=O) groups is 3. The van der Waals surface area contributed by atoms with Crippen LogP contribution in [-0.4, -0.2) is 41.1 Å². The molecule has 1 aliphatic carbocycles. The van der Waals surface area contributed by atoms with E-state index in [0.717, 1.165) is 12.8 Å². The molecule has 0 aliphatic heterocycles. The third-order valence-electron chi connectivity index (χ3n) is 3.75. The van der Waals surface area contributed by atoms with Gasteiger partial charge in [-0.15, -0.1) is 0 Å². The van der Waals surface area contributed by atoms with Crippen LogP contribution >= 0.6 is 0 Å². The normalized spacial score (nSPS) is 25.2. The van der Waals surface area contributed by atoms with Crippen molar-refractivity contribution in [3.05, 3.63) is 0 Å². The van der Waals surface area contributed by atoms with E-state index < -0.39 is 17.5 Å². The van der Waals surface area contributed by atoms with Gasteiger partial charge in [-0.05, 0) is 45.4 Å². The molecule has 0 atom stereocenters. The lowest BCUT2D eigenvalue weighted by Gasteiger charge is -2.36. The first-order valence-electron chi connectivity index (χ1n) is 7.34. The SMILES string of the molecule is CC1CCC(NC(=O)NCC(=O)NC(C)C)(C(=O)O)CC1. The number of carboxylic acids is 1. The van der Waals surface area contributed by atoms with Gasteiger partial charge >= 0.3 is 12.0 Å². The molecule has 0 spiro atoms. The Hall–Kier alpha value is -1.79. The fourth-order valence-electron chi connectivity index (χ4n) is 2.44. The molecular formula is C14H25N3O4. The van der Waals surface area contributed by atoms with Crippen molar-refractivity contribution in [3.63, 3.8) is 0 Å². The van der Waals surface area contributed by atoms with E-state index in [1.54, 1.807) is 0 Å². The van der Waals surface area contributed by atoms with E-state index in [1.165, 1.54) is 0 Å². The number of carboxylic acid groups (broad SMARTS) is 1. The average Bonchev–Trinajstić information content (AvgIpc) is 2.38. The maximum absolute atomic E-state index is 11.8. The predicted octanol–water partition coefficient (Wildman–Crippen LogP) is 0.844. The lowest BCUT2D eigenvalue weighted by molar-refractivity contribution is -0.146. The summed E-state index contributed by atoms with van der Waals surface area (Å²) in [6.45, 7) is 5.54. The van der Waals surface area contributed by atoms with Crippen LogP contribution in [-0.2, 0) is 9.59 Å². The Morgan fingerprint density at radius 3 is 2.29 bits per heavy atom. The Labute approximate surface area is 124 Å². The van der Waals surface area contributed by atoms with E-state index in [-0.39, 0.29) is 18.5 Å². The second-order valence-electron chi connectivity index (χ2n) is 6.10. The molecule has 1 rings (SSSR count). The van der Waals surface area contributed by atoms with Crippen molar-refractivity contribution in [2.75, 3.05) is 6.54 Å². The van der Waals surface area contributed by atoms with Gasteiger partial charge in [0.1, 0.15) is 5.54 Å². The van der Waals surface area contributed by atoms with E-state index in [0.29, 0.717) is 18.8 Å². The number of amides is 3. The van der Waals surface area contributed by atoms with E-state index in [2.05, 4.69) is 22.9 Å². The Bertz CT molecular complexity index is 401. The van der Waals surface area contributed by atoms with Crippen molar-refractivity contribution in [2.24, 2.45) is 5.92 Å². The first-order valence-corrected chi connectivity index (χ1v) is 7.34. The summed E-state index contributed by atoms with van der Waals surface area (Å²) in [5.74, 6) is -0.850. The zero-order valence-electron chi connectivity index (χ0n) is 12.9. The van der Waals surface area contributed by atoms with Gasteiger partial charge in [0.15, 0.2) is 0 Å². The molecule has 4 N–H and O–H groups in total. The molecule has 21 heavy (non-hydrogen) atoms. The van der Waals surface area contributed by atoms with Gasteiger partial charge in [0, 0.05) is 6.04 Å². The number of hydrogen-bond acceptors (Lipinski definition) is 3. The largest absolute Gasteiger partial charge is 0.480 e. The number of aliphatic carboxylic acids is 1. The van der Waals surface area contributed by atoms with Gasteiger partial charge in [-0.1, -0.05) is 6.92 Å². The number of carbonyl (C=O) groups excluding carboxylic acids is 2. The maximum atomic E-state index is 11.8. The molecule has 1 aliphatic rings. The minimum Gasteiger partial charge on any atom is -0.480 e. The molecule has 7 heteroatoms. The molecule has 3 amide bonds. The molecular weight excluding hydrogens is 274 g/mol. The fourth-order valence-corrected chi connectivity index (χ4v) is 2.44. The second kappa shape index (κ2) is 7.28. The van der Waals surface area contributed by atoms with Gasteiger partial charge in [0.25, 0.3) is 0 Å². The van der Waals surface area contributed by atoms with Crippen molar-refractivity contribution in [1.29, 1.82) is 0 Å². The van der Waals surface area contributed by atoms with Crippen LogP contribution in [0.25, 0.3) is 0 Å². The first kappa shape index (κ1) is 17.3. The summed E-state index contributed by atoms with van der Waals surface area (Å²) in [5.41, 5.74) is -1.22. The molecule has 0 aromatic rings. The Kier molecular flexibility index (Phi) is 5.99. The molecule has 1 fully saturated rings. The molecule has 7 nitrogen and oxygen atoms in total. The maximum Gasteiger partial charge on any atom is 0.329 e. The number of nitrogens with one attached hydrogen (secondary N) is 3. The number of rotatable bonds is 5. The molecule has 0 aromatic carbocycles. The fraction of sp³-hybridized carbons (Fsp3) is 0.786. The number of urea groups is 1. The van der Waals surface area contributed by atoms with Crippen LogP contribution < -0.4 is 16.0 Å². The smallest absolute Gasteiger partial charge is 0.329 e. The summed E-state index contributed by atoms with van der Waals surface area (Å²) in [4.78, 5) is 34.7. The standard InChI is InChI=1S/C14H25N3O4/c1-9(2)16-11(18)8-15-13(21)17-14(12(19)20)6-4-10(3)5-7-14/h9-10H,4-8H2,1-3H3,(H,16,18)(H,19,20)(H2,15,17,21). The van der Waals surface area contributed by atoms with E-state index in [4.69, 9.17) is 0 Å². The van der Waals surface area contributed by atoms with Crippen LogP contribution in [0.15, 0.2) is 0 Å². The molecule has 120 valence electrons. The van der Waals surface area contributed by atoms with Gasteiger partial charge in [-0.3, -0.25) is 4.79 Å². The van der Waals surface area contributed by atoms with Crippen LogP contribution in [0.3, 0.4) is 0 Å². The minimum atomic E-state index is -1.22. The lowest BCUT2D eigenvalue weighted by Crippen LogP contribution is -2.59. The summed E-state index contributed by atoms with van der Waals surface area (Å²) < 4.78 is 0. The van der Waals surface area contributed by atoms with E-state index >= 15 is 0 Å². The van der Waals surface area contributed by atoms with Crippen LogP contribution in [0.2, 0.25) is 0 Å². The van der Waals surface area contributed by atoms with Crippen molar-refractivity contribution in [2.45, 2.75) is 58.0 Å². The average molecular weight is 299 g/mol. The van der Waals surface area contributed by atoms with Crippen LogP contribution in [0, 0.1) is 5.92 Å². The van der Waals surface area contributed by atoms with Gasteiger partial charge in [0.05, 0.1) is 6.54 Å². The summed E-state index contributed by atoms with van der Waals surface area (Å²) >= 11 is 0. The third-order valence-corrected chi connectivity index (χ3v) is 3.75. The van der Waals surface area contributed by atoms with Crippen molar-refractivity contribution < 1.29 is 19.5 Å². The van der Waals surface area contributed by atoms with Crippen LogP contribution in [0.1, 0.15) is 46.5 Å². The van der Waals surface area contributed by atoms with Crippen molar-refractivity contribution >= 4 is 17.9 Å². The topological polar surface area (TPSA) is 108 Å². The Morgan fingerprint density at radius 2 is 1.81 bits per heavy atom. The molecule has 0 unspecified atom stereocenters. The van der Waals surface area contributed by atoms with Crippen LogP contribution in [0.4, 0.5) is 4.79 Å². The highest BCUT2D eigenvalue weighted by Gasteiger charge is 2.42. The first-order chi connectivity index (χ1) is 9.75. The van der Waals surface area contributed by atoms with Gasteiger partial charge in [-0.25, -0.2) is 9.59 Å². The van der Waals surface area contributed by atoms with E-state index in [9.17, 15) is 19.5 Å². The molecule has 0 radical (unpaired) electrons. The molecule has 1 saturated carbocycles. The zero-order valence-corrected chi connectivity index (χ0v) is 12.9. The van der Waals surface area contributed by atoms with Gasteiger partial charge < -0.3 is 21.1 Å². The summed E-state index contributed by atoms with van der Waals surface area (Å²) in [7, 11) is 0. The highest BCUT2D eigenvalue weighted by Crippen LogP contribution is 2.32. The highest BCUT2D eigenvalue weighted by atomic mass is 16.4. The number of hydrogen-bond donors (Lipinski definition) is 4. The summed E-state index contributed by atoms with van der Waals surface area (Å²) in [6.07, 6.45) is 2.35. The molecule has 0 saturated heterocycles. The summed E-state index contributed by atoms with van der Waals surface area (Å²) in [6, 6.07) is -0.626. The van der Waals surface area contributed by atoms with E-state index in [1.807, 2.05) is 13.8 Å². The zero-order chi connectivity index (χ0) is 16.0. The van der Waals surface area contributed by atoms with Crippen molar-refractivity contribution in [3.8, 4) is 0 Å². The highest BCUT2D eigenvalue weighted by molar-refractivity contribution is 5.88. The summed E-state index contributed by atoms with van der Waals surface area (Å²) in [5, 5.41) is 17.0. The Morgan fingerprint density at radius 1 is 1.24 bits per heavy atom. The predicted molar refractivity (Wildman–Crippen MR) is 77.8 cm³/mol.